The van der Waals surface area contributed by atoms with E-state index in [1.807, 2.05) is 6.92 Å². The van der Waals surface area contributed by atoms with Crippen LogP contribution in [-0.2, 0) is 21.2 Å². The van der Waals surface area contributed by atoms with Crippen LogP contribution in [0.25, 0.3) is 0 Å². The summed E-state index contributed by atoms with van der Waals surface area (Å²) in [6.45, 7) is 6.89. The zero-order valence-corrected chi connectivity index (χ0v) is 14.8. The third kappa shape index (κ3) is 2.90. The fraction of sp³-hybridized carbons (Fsp3) is 0.588. The van der Waals surface area contributed by atoms with Gasteiger partial charge < -0.3 is 4.90 Å². The van der Waals surface area contributed by atoms with Gasteiger partial charge in [0.2, 0.25) is 15.9 Å². The number of carbonyl (C=O) groups excluding carboxylic acids is 1. The second kappa shape index (κ2) is 5.91. The summed E-state index contributed by atoms with van der Waals surface area (Å²) in [5, 5.41) is 0. The van der Waals surface area contributed by atoms with Crippen molar-refractivity contribution >= 4 is 21.6 Å². The highest BCUT2D eigenvalue weighted by Gasteiger charge is 2.32. The normalized spacial score (nSPS) is 23.1. The largest absolute Gasteiger partial charge is 0.309 e. The smallest absolute Gasteiger partial charge is 0.243 e. The summed E-state index contributed by atoms with van der Waals surface area (Å²) in [7, 11) is -3.43. The van der Waals surface area contributed by atoms with E-state index in [-0.39, 0.29) is 11.9 Å². The molecule has 2 aliphatic heterocycles. The Hall–Kier alpha value is -1.40. The van der Waals surface area contributed by atoms with Crippen LogP contribution in [-0.4, -0.2) is 37.8 Å². The van der Waals surface area contributed by atoms with E-state index < -0.39 is 10.0 Å². The molecule has 2 aliphatic rings. The SMILES string of the molecule is CC(=O)N1c2ccc(S(=O)(=O)N3CCC(C)CC3)cc2CC1C. The molecule has 1 saturated heterocycles. The predicted octanol–water partition coefficient (Wildman–Crippen LogP) is 2.40. The number of sulfonamides is 1. The molecule has 0 spiro atoms. The van der Waals surface area contributed by atoms with Gasteiger partial charge in [0.05, 0.1) is 4.90 Å². The first-order valence-electron chi connectivity index (χ1n) is 8.23. The fourth-order valence-corrected chi connectivity index (χ4v) is 5.14. The lowest BCUT2D eigenvalue weighted by Crippen LogP contribution is -2.37. The van der Waals surface area contributed by atoms with Crippen molar-refractivity contribution < 1.29 is 13.2 Å². The van der Waals surface area contributed by atoms with Gasteiger partial charge >= 0.3 is 0 Å². The third-order valence-electron chi connectivity index (χ3n) is 4.99. The van der Waals surface area contributed by atoms with Gasteiger partial charge in [0, 0.05) is 31.7 Å². The maximum Gasteiger partial charge on any atom is 0.243 e. The minimum Gasteiger partial charge on any atom is -0.309 e. The lowest BCUT2D eigenvalue weighted by atomic mass is 10.0. The first-order valence-corrected chi connectivity index (χ1v) is 9.67. The van der Waals surface area contributed by atoms with E-state index in [1.165, 1.54) is 0 Å². The Kier molecular flexibility index (Phi) is 4.23. The van der Waals surface area contributed by atoms with Gasteiger partial charge in [0.15, 0.2) is 0 Å². The van der Waals surface area contributed by atoms with Crippen molar-refractivity contribution in [3.63, 3.8) is 0 Å². The van der Waals surface area contributed by atoms with Crippen LogP contribution in [0.5, 0.6) is 0 Å². The highest BCUT2D eigenvalue weighted by Crippen LogP contribution is 2.35. The van der Waals surface area contributed by atoms with Crippen molar-refractivity contribution in [3.8, 4) is 0 Å². The monoisotopic (exact) mass is 336 g/mol. The van der Waals surface area contributed by atoms with Crippen LogP contribution < -0.4 is 4.90 Å². The zero-order valence-electron chi connectivity index (χ0n) is 13.9. The van der Waals surface area contributed by atoms with E-state index in [0.717, 1.165) is 24.1 Å². The standard InChI is InChI=1S/C17H24N2O3S/c1-12-6-8-18(9-7-12)23(21,22)16-4-5-17-15(11-16)10-13(2)19(17)14(3)20/h4-5,11-13H,6-10H2,1-3H3. The lowest BCUT2D eigenvalue weighted by Gasteiger charge is -2.29. The molecule has 0 N–H and O–H groups in total. The number of rotatable bonds is 2. The minimum atomic E-state index is -3.43. The van der Waals surface area contributed by atoms with Crippen LogP contribution in [0.2, 0.25) is 0 Å². The molecule has 1 amide bonds. The van der Waals surface area contributed by atoms with E-state index >= 15 is 0 Å². The van der Waals surface area contributed by atoms with Gasteiger partial charge in [-0.25, -0.2) is 8.42 Å². The predicted molar refractivity (Wildman–Crippen MR) is 89.9 cm³/mol. The Morgan fingerprint density at radius 3 is 2.43 bits per heavy atom. The molecule has 23 heavy (non-hydrogen) atoms. The molecule has 1 aromatic rings. The number of benzene rings is 1. The average Bonchev–Trinajstić information content (AvgIpc) is 2.82. The topological polar surface area (TPSA) is 57.7 Å². The molecule has 1 fully saturated rings. The first kappa shape index (κ1) is 16.5. The molecule has 1 aromatic carbocycles. The van der Waals surface area contributed by atoms with Crippen molar-refractivity contribution in [2.24, 2.45) is 5.92 Å². The summed E-state index contributed by atoms with van der Waals surface area (Å²) >= 11 is 0. The number of hydrogen-bond donors (Lipinski definition) is 0. The van der Waals surface area contributed by atoms with Crippen LogP contribution >= 0.6 is 0 Å². The highest BCUT2D eigenvalue weighted by atomic mass is 32.2. The van der Waals surface area contributed by atoms with Crippen molar-refractivity contribution in [1.82, 2.24) is 4.31 Å². The summed E-state index contributed by atoms with van der Waals surface area (Å²) in [6.07, 6.45) is 2.54. The molecule has 0 saturated carbocycles. The second-order valence-electron chi connectivity index (χ2n) is 6.82. The second-order valence-corrected chi connectivity index (χ2v) is 8.76. The summed E-state index contributed by atoms with van der Waals surface area (Å²) in [4.78, 5) is 13.9. The van der Waals surface area contributed by atoms with Gasteiger partial charge in [0.1, 0.15) is 0 Å². The van der Waals surface area contributed by atoms with Crippen molar-refractivity contribution in [1.29, 1.82) is 0 Å². The number of piperidine rings is 1. The van der Waals surface area contributed by atoms with E-state index in [0.29, 0.717) is 30.3 Å². The van der Waals surface area contributed by atoms with Crippen LogP contribution in [0.15, 0.2) is 23.1 Å². The number of nitrogens with zero attached hydrogens (tertiary/aromatic N) is 2. The van der Waals surface area contributed by atoms with E-state index in [1.54, 1.807) is 34.3 Å². The molecular weight excluding hydrogens is 312 g/mol. The maximum absolute atomic E-state index is 12.8. The molecule has 1 atom stereocenters. The number of anilines is 1. The van der Waals surface area contributed by atoms with Gasteiger partial charge in [-0.3, -0.25) is 4.79 Å². The van der Waals surface area contributed by atoms with Crippen LogP contribution in [0, 0.1) is 5.92 Å². The van der Waals surface area contributed by atoms with Crippen molar-refractivity contribution in [3.05, 3.63) is 23.8 Å². The molecule has 6 heteroatoms. The van der Waals surface area contributed by atoms with E-state index in [4.69, 9.17) is 0 Å². The van der Waals surface area contributed by atoms with Crippen LogP contribution in [0.4, 0.5) is 5.69 Å². The molecule has 5 nitrogen and oxygen atoms in total. The zero-order chi connectivity index (χ0) is 16.8. The Morgan fingerprint density at radius 1 is 1.17 bits per heavy atom. The Labute approximate surface area is 138 Å². The third-order valence-corrected chi connectivity index (χ3v) is 6.88. The molecule has 0 radical (unpaired) electrons. The van der Waals surface area contributed by atoms with Gasteiger partial charge in [-0.05, 0) is 55.9 Å². The molecular formula is C17H24N2O3S. The molecule has 126 valence electrons. The highest BCUT2D eigenvalue weighted by molar-refractivity contribution is 7.89. The molecule has 0 bridgehead atoms. The Morgan fingerprint density at radius 2 is 1.83 bits per heavy atom. The molecule has 3 rings (SSSR count). The summed E-state index contributed by atoms with van der Waals surface area (Å²) in [6, 6.07) is 5.25. The van der Waals surface area contributed by atoms with Gasteiger partial charge in [-0.2, -0.15) is 4.31 Å². The summed E-state index contributed by atoms with van der Waals surface area (Å²) in [5.74, 6) is 0.586. The molecule has 0 aliphatic carbocycles. The Bertz CT molecular complexity index is 721. The lowest BCUT2D eigenvalue weighted by molar-refractivity contribution is -0.116. The van der Waals surface area contributed by atoms with Crippen molar-refractivity contribution in [2.75, 3.05) is 18.0 Å². The first-order chi connectivity index (χ1) is 10.8. The number of amides is 1. The fourth-order valence-electron chi connectivity index (χ4n) is 3.62. The minimum absolute atomic E-state index is 0.00289. The van der Waals surface area contributed by atoms with Crippen LogP contribution in [0.1, 0.15) is 39.2 Å². The van der Waals surface area contributed by atoms with E-state index in [9.17, 15) is 13.2 Å². The molecule has 0 aromatic heterocycles. The maximum atomic E-state index is 12.8. The number of hydrogen-bond acceptors (Lipinski definition) is 3. The average molecular weight is 336 g/mol. The van der Waals surface area contributed by atoms with Gasteiger partial charge in [-0.1, -0.05) is 6.92 Å². The quantitative estimate of drug-likeness (QED) is 0.833. The van der Waals surface area contributed by atoms with Crippen molar-refractivity contribution in [2.45, 2.75) is 51.0 Å². The summed E-state index contributed by atoms with van der Waals surface area (Å²) < 4.78 is 27.3. The molecule has 1 unspecified atom stereocenters. The summed E-state index contributed by atoms with van der Waals surface area (Å²) in [5.41, 5.74) is 1.79. The number of fused-ring (bicyclic) bond motifs is 1. The van der Waals surface area contributed by atoms with Gasteiger partial charge in [0.25, 0.3) is 0 Å². The number of carbonyl (C=O) groups is 1. The van der Waals surface area contributed by atoms with Crippen LogP contribution in [0.3, 0.4) is 0 Å². The molecule has 2 heterocycles. The van der Waals surface area contributed by atoms with E-state index in [2.05, 4.69) is 6.92 Å². The Balaban J connectivity index is 1.91. The van der Waals surface area contributed by atoms with Gasteiger partial charge in [-0.15, -0.1) is 0 Å².